The van der Waals surface area contributed by atoms with Gasteiger partial charge >= 0.3 is 0 Å². The van der Waals surface area contributed by atoms with Crippen LogP contribution < -0.4 is 5.56 Å². The first kappa shape index (κ1) is 15.4. The van der Waals surface area contributed by atoms with E-state index in [1.807, 2.05) is 12.1 Å². The molecule has 24 heavy (non-hydrogen) atoms. The highest BCUT2D eigenvalue weighted by Gasteiger charge is 2.26. The minimum Gasteiger partial charge on any atom is -0.297 e. The van der Waals surface area contributed by atoms with Crippen LogP contribution in [0.3, 0.4) is 0 Å². The summed E-state index contributed by atoms with van der Waals surface area (Å²) in [7, 11) is 0. The van der Waals surface area contributed by atoms with Crippen molar-refractivity contribution in [2.75, 3.05) is 13.1 Å². The Kier molecular flexibility index (Phi) is 4.38. The zero-order valence-electron chi connectivity index (χ0n) is 13.8. The Morgan fingerprint density at radius 2 is 1.92 bits per heavy atom. The van der Waals surface area contributed by atoms with E-state index in [1.54, 1.807) is 23.3 Å². The molecule has 3 heterocycles. The third kappa shape index (κ3) is 3.70. The Balaban J connectivity index is 1.33. The molecule has 2 aliphatic rings. The van der Waals surface area contributed by atoms with E-state index in [0.29, 0.717) is 11.8 Å². The van der Waals surface area contributed by atoms with Crippen LogP contribution in [-0.2, 0) is 13.1 Å². The predicted octanol–water partition coefficient (Wildman–Crippen LogP) is 1.82. The fraction of sp³-hybridized carbons (Fsp3) is 0.556. The zero-order valence-corrected chi connectivity index (χ0v) is 13.8. The molecule has 2 fully saturated rings. The molecular formula is C18H23N5O. The summed E-state index contributed by atoms with van der Waals surface area (Å²) in [6.07, 6.45) is 8.03. The molecule has 1 saturated heterocycles. The van der Waals surface area contributed by atoms with Gasteiger partial charge in [-0.05, 0) is 56.8 Å². The summed E-state index contributed by atoms with van der Waals surface area (Å²) in [5.74, 6) is 1.12. The lowest BCUT2D eigenvalue weighted by Gasteiger charge is -2.31. The van der Waals surface area contributed by atoms with E-state index < -0.39 is 0 Å². The number of likely N-dealkylation sites (tertiary alicyclic amines) is 1. The molecule has 6 heteroatoms. The summed E-state index contributed by atoms with van der Waals surface area (Å²) >= 11 is 0. The highest BCUT2D eigenvalue weighted by molar-refractivity contribution is 5.12. The molecule has 0 unspecified atom stereocenters. The maximum absolute atomic E-state index is 12.1. The minimum absolute atomic E-state index is 0.0304. The number of hydrogen-bond acceptors (Lipinski definition) is 5. The van der Waals surface area contributed by atoms with Gasteiger partial charge in [0.05, 0.1) is 11.4 Å². The molecule has 0 radical (unpaired) electrons. The molecule has 0 bridgehead atoms. The van der Waals surface area contributed by atoms with Crippen molar-refractivity contribution in [2.45, 2.75) is 44.7 Å². The lowest BCUT2D eigenvalue weighted by Crippen LogP contribution is -2.36. The van der Waals surface area contributed by atoms with Crippen LogP contribution >= 0.6 is 0 Å². The monoisotopic (exact) mass is 325 g/mol. The first-order chi connectivity index (χ1) is 11.8. The van der Waals surface area contributed by atoms with Crippen LogP contribution in [0.1, 0.15) is 43.0 Å². The van der Waals surface area contributed by atoms with Gasteiger partial charge in [-0.3, -0.25) is 9.69 Å². The van der Waals surface area contributed by atoms with E-state index in [9.17, 15) is 4.79 Å². The Morgan fingerprint density at radius 1 is 1.08 bits per heavy atom. The van der Waals surface area contributed by atoms with Gasteiger partial charge in [0.25, 0.3) is 5.56 Å². The van der Waals surface area contributed by atoms with Crippen LogP contribution in [0.25, 0.3) is 0 Å². The summed E-state index contributed by atoms with van der Waals surface area (Å²) < 4.78 is 1.69. The maximum Gasteiger partial charge on any atom is 0.266 e. The molecule has 126 valence electrons. The molecule has 0 aromatic carbocycles. The van der Waals surface area contributed by atoms with E-state index in [-0.39, 0.29) is 5.56 Å². The van der Waals surface area contributed by atoms with E-state index in [1.165, 1.54) is 12.8 Å². The highest BCUT2D eigenvalue weighted by Crippen LogP contribution is 2.38. The second kappa shape index (κ2) is 6.81. The van der Waals surface area contributed by atoms with E-state index in [2.05, 4.69) is 20.0 Å². The van der Waals surface area contributed by atoms with Crippen molar-refractivity contribution < 1.29 is 0 Å². The molecular weight excluding hydrogens is 302 g/mol. The Bertz CT molecular complexity index is 733. The highest BCUT2D eigenvalue weighted by atomic mass is 16.1. The van der Waals surface area contributed by atoms with E-state index in [0.717, 1.165) is 50.4 Å². The topological polar surface area (TPSA) is 63.9 Å². The standard InChI is InChI=1S/C18H23N5O/c24-18-4-3-17(15-1-2-15)21-23(18)11-14-6-9-22(10-7-14)12-16-5-8-19-13-20-16/h3-5,8,13-15H,1-2,6-7,9-12H2. The molecule has 0 N–H and O–H groups in total. The van der Waals surface area contributed by atoms with Gasteiger partial charge in [0.15, 0.2) is 0 Å². The third-order valence-electron chi connectivity index (χ3n) is 5.05. The van der Waals surface area contributed by atoms with Crippen LogP contribution in [0.2, 0.25) is 0 Å². The van der Waals surface area contributed by atoms with Crippen LogP contribution in [0.5, 0.6) is 0 Å². The number of nitrogens with zero attached hydrogens (tertiary/aromatic N) is 5. The molecule has 6 nitrogen and oxygen atoms in total. The summed E-state index contributed by atoms with van der Waals surface area (Å²) in [6, 6.07) is 5.56. The summed E-state index contributed by atoms with van der Waals surface area (Å²) in [6.45, 7) is 3.73. The third-order valence-corrected chi connectivity index (χ3v) is 5.05. The van der Waals surface area contributed by atoms with E-state index in [4.69, 9.17) is 0 Å². The van der Waals surface area contributed by atoms with Gasteiger partial charge in [-0.25, -0.2) is 14.6 Å². The summed E-state index contributed by atoms with van der Waals surface area (Å²) in [5, 5.41) is 4.59. The van der Waals surface area contributed by atoms with Crippen molar-refractivity contribution in [3.05, 3.63) is 52.5 Å². The molecule has 1 aliphatic carbocycles. The van der Waals surface area contributed by atoms with Gasteiger partial charge in [-0.15, -0.1) is 0 Å². The van der Waals surface area contributed by atoms with Crippen LogP contribution in [0, 0.1) is 5.92 Å². The van der Waals surface area contributed by atoms with Crippen molar-refractivity contribution >= 4 is 0 Å². The van der Waals surface area contributed by atoms with Crippen molar-refractivity contribution in [2.24, 2.45) is 5.92 Å². The number of piperidine rings is 1. The Labute approximate surface area is 141 Å². The molecule has 1 saturated carbocycles. The van der Waals surface area contributed by atoms with Gasteiger partial charge in [-0.2, -0.15) is 5.10 Å². The molecule has 2 aromatic rings. The average molecular weight is 325 g/mol. The fourth-order valence-electron chi connectivity index (χ4n) is 3.40. The second-order valence-corrected chi connectivity index (χ2v) is 6.97. The van der Waals surface area contributed by atoms with Gasteiger partial charge in [-0.1, -0.05) is 0 Å². The summed E-state index contributed by atoms with van der Waals surface area (Å²) in [4.78, 5) is 22.8. The minimum atomic E-state index is 0.0304. The molecule has 4 rings (SSSR count). The lowest BCUT2D eigenvalue weighted by molar-refractivity contribution is 0.162. The van der Waals surface area contributed by atoms with Gasteiger partial charge in [0.2, 0.25) is 0 Å². The quantitative estimate of drug-likeness (QED) is 0.839. The fourth-order valence-corrected chi connectivity index (χ4v) is 3.40. The molecule has 1 aliphatic heterocycles. The van der Waals surface area contributed by atoms with E-state index >= 15 is 0 Å². The first-order valence-electron chi connectivity index (χ1n) is 8.83. The van der Waals surface area contributed by atoms with Crippen molar-refractivity contribution in [3.63, 3.8) is 0 Å². The maximum atomic E-state index is 12.1. The number of rotatable bonds is 5. The number of aromatic nitrogens is 4. The second-order valence-electron chi connectivity index (χ2n) is 6.97. The largest absolute Gasteiger partial charge is 0.297 e. The number of hydrogen-bond donors (Lipinski definition) is 0. The predicted molar refractivity (Wildman–Crippen MR) is 90.5 cm³/mol. The molecule has 0 atom stereocenters. The first-order valence-corrected chi connectivity index (χ1v) is 8.83. The van der Waals surface area contributed by atoms with Crippen molar-refractivity contribution in [3.8, 4) is 0 Å². The van der Waals surface area contributed by atoms with Crippen LogP contribution in [-0.4, -0.2) is 37.7 Å². The molecule has 0 spiro atoms. The zero-order chi connectivity index (χ0) is 16.4. The van der Waals surface area contributed by atoms with Crippen LogP contribution in [0.4, 0.5) is 0 Å². The average Bonchev–Trinajstić information content (AvgIpc) is 3.45. The molecule has 0 amide bonds. The lowest BCUT2D eigenvalue weighted by atomic mass is 9.96. The van der Waals surface area contributed by atoms with Gasteiger partial charge in [0, 0.05) is 31.3 Å². The van der Waals surface area contributed by atoms with Gasteiger partial charge in [0.1, 0.15) is 6.33 Å². The van der Waals surface area contributed by atoms with Gasteiger partial charge < -0.3 is 0 Å². The normalized spacial score (nSPS) is 19.5. The Hall–Kier alpha value is -2.08. The Morgan fingerprint density at radius 3 is 2.62 bits per heavy atom. The van der Waals surface area contributed by atoms with Crippen molar-refractivity contribution in [1.82, 2.24) is 24.6 Å². The summed E-state index contributed by atoms with van der Waals surface area (Å²) in [5.41, 5.74) is 2.19. The van der Waals surface area contributed by atoms with Crippen molar-refractivity contribution in [1.29, 1.82) is 0 Å². The molecule has 2 aromatic heterocycles. The SMILES string of the molecule is O=c1ccc(C2CC2)nn1CC1CCN(Cc2ccncn2)CC1. The smallest absolute Gasteiger partial charge is 0.266 e. The van der Waals surface area contributed by atoms with Crippen LogP contribution in [0.15, 0.2) is 35.5 Å².